The molecule has 0 unspecified atom stereocenters. The number of pyridine rings is 1. The molecule has 0 N–H and O–H groups in total. The van der Waals surface area contributed by atoms with E-state index in [1.807, 2.05) is 54.0 Å². The van der Waals surface area contributed by atoms with Crippen molar-refractivity contribution in [3.05, 3.63) is 88.2 Å². The topological polar surface area (TPSA) is 63.9 Å². The van der Waals surface area contributed by atoms with Crippen LogP contribution in [0.1, 0.15) is 11.1 Å². The van der Waals surface area contributed by atoms with Gasteiger partial charge in [-0.3, -0.25) is 14.3 Å². The minimum absolute atomic E-state index is 0.0340. The Labute approximate surface area is 206 Å². The van der Waals surface area contributed by atoms with Gasteiger partial charge in [-0.25, -0.2) is 0 Å². The van der Waals surface area contributed by atoms with E-state index in [2.05, 4.69) is 15.2 Å². The van der Waals surface area contributed by atoms with Gasteiger partial charge in [0.25, 0.3) is 0 Å². The molecular weight excluding hydrogens is 477 g/mol. The molecule has 0 aliphatic carbocycles. The van der Waals surface area contributed by atoms with E-state index < -0.39 is 0 Å². The molecule has 2 aromatic carbocycles. The normalized spacial score (nSPS) is 10.9. The maximum Gasteiger partial charge on any atom is 0.233 e. The summed E-state index contributed by atoms with van der Waals surface area (Å²) < 4.78 is 1.98. The molecule has 0 spiro atoms. The number of nitrogens with zero attached hydrogens (tertiary/aromatic N) is 5. The first kappa shape index (κ1) is 23.3. The summed E-state index contributed by atoms with van der Waals surface area (Å²) in [6, 6.07) is 17.2. The lowest BCUT2D eigenvalue weighted by atomic mass is 10.2. The molecular formula is C24H21Cl2N5OS. The highest BCUT2D eigenvalue weighted by Gasteiger charge is 2.19. The van der Waals surface area contributed by atoms with E-state index in [9.17, 15) is 4.79 Å². The van der Waals surface area contributed by atoms with Gasteiger partial charge >= 0.3 is 0 Å². The second-order valence-electron chi connectivity index (χ2n) is 7.46. The number of halogens is 2. The molecule has 0 fully saturated rings. The minimum Gasteiger partial charge on any atom is -0.341 e. The standard InChI is InChI=1S/C24H21Cl2N5OS/c1-16-6-3-4-8-21(16)31-23(18-7-5-11-27-13-18)28-29-24(31)33-15-22(32)30(2)14-17-9-10-19(25)20(26)12-17/h3-13H,14-15H2,1-2H3. The van der Waals surface area contributed by atoms with Crippen LogP contribution in [-0.2, 0) is 11.3 Å². The molecule has 33 heavy (non-hydrogen) atoms. The fraction of sp³-hybridized carbons (Fsp3) is 0.167. The minimum atomic E-state index is -0.0340. The number of thioether (sulfide) groups is 1. The van der Waals surface area contributed by atoms with Gasteiger partial charge in [0.05, 0.1) is 21.5 Å². The van der Waals surface area contributed by atoms with Gasteiger partial charge in [-0.15, -0.1) is 10.2 Å². The lowest BCUT2D eigenvalue weighted by molar-refractivity contribution is -0.127. The number of hydrogen-bond donors (Lipinski definition) is 0. The van der Waals surface area contributed by atoms with E-state index in [0.29, 0.717) is 27.6 Å². The zero-order chi connectivity index (χ0) is 23.4. The predicted octanol–water partition coefficient (Wildman–Crippen LogP) is 5.70. The molecule has 0 radical (unpaired) electrons. The maximum atomic E-state index is 12.8. The van der Waals surface area contributed by atoms with Crippen LogP contribution in [0, 0.1) is 6.92 Å². The first-order chi connectivity index (χ1) is 15.9. The first-order valence-electron chi connectivity index (χ1n) is 10.2. The number of aryl methyl sites for hydroxylation is 1. The number of carbonyl (C=O) groups is 1. The summed E-state index contributed by atoms with van der Waals surface area (Å²) in [5.74, 6) is 0.861. The molecule has 2 heterocycles. The van der Waals surface area contributed by atoms with E-state index in [1.54, 1.807) is 36.5 Å². The van der Waals surface area contributed by atoms with Crippen molar-refractivity contribution in [3.63, 3.8) is 0 Å². The van der Waals surface area contributed by atoms with Crippen LogP contribution >= 0.6 is 35.0 Å². The van der Waals surface area contributed by atoms with Gasteiger partial charge in [0.2, 0.25) is 5.91 Å². The molecule has 0 atom stereocenters. The van der Waals surface area contributed by atoms with E-state index >= 15 is 0 Å². The third-order valence-corrected chi connectivity index (χ3v) is 6.72. The molecule has 4 aromatic rings. The fourth-order valence-electron chi connectivity index (χ4n) is 3.31. The van der Waals surface area contributed by atoms with Crippen LogP contribution in [0.5, 0.6) is 0 Å². The van der Waals surface area contributed by atoms with Crippen molar-refractivity contribution in [2.45, 2.75) is 18.6 Å². The Bertz CT molecular complexity index is 1280. The molecule has 168 valence electrons. The van der Waals surface area contributed by atoms with E-state index in [-0.39, 0.29) is 11.7 Å². The van der Waals surface area contributed by atoms with Crippen molar-refractivity contribution in [1.82, 2.24) is 24.6 Å². The summed E-state index contributed by atoms with van der Waals surface area (Å²) in [7, 11) is 1.76. The highest BCUT2D eigenvalue weighted by Crippen LogP contribution is 2.29. The Morgan fingerprint density at radius 1 is 1.06 bits per heavy atom. The predicted molar refractivity (Wildman–Crippen MR) is 133 cm³/mol. The fourth-order valence-corrected chi connectivity index (χ4v) is 4.52. The Kier molecular flexibility index (Phi) is 7.33. The zero-order valence-corrected chi connectivity index (χ0v) is 20.4. The molecule has 4 rings (SSSR count). The summed E-state index contributed by atoms with van der Waals surface area (Å²) >= 11 is 13.4. The second-order valence-corrected chi connectivity index (χ2v) is 9.21. The highest BCUT2D eigenvalue weighted by molar-refractivity contribution is 7.99. The van der Waals surface area contributed by atoms with Crippen LogP contribution in [0.4, 0.5) is 0 Å². The average Bonchev–Trinajstić information content (AvgIpc) is 3.24. The molecule has 9 heteroatoms. The van der Waals surface area contributed by atoms with Crippen molar-refractivity contribution >= 4 is 40.9 Å². The lowest BCUT2D eigenvalue weighted by Gasteiger charge is -2.18. The summed E-state index contributed by atoms with van der Waals surface area (Å²) in [5.41, 5.74) is 3.79. The zero-order valence-electron chi connectivity index (χ0n) is 18.1. The Morgan fingerprint density at radius 3 is 2.61 bits per heavy atom. The van der Waals surface area contributed by atoms with Gasteiger partial charge in [-0.05, 0) is 48.4 Å². The molecule has 0 bridgehead atoms. The van der Waals surface area contributed by atoms with Gasteiger partial charge < -0.3 is 4.90 Å². The third-order valence-electron chi connectivity index (χ3n) is 5.06. The molecule has 0 saturated heterocycles. The third kappa shape index (κ3) is 5.38. The Hall–Kier alpha value is -2.87. The van der Waals surface area contributed by atoms with Crippen LogP contribution < -0.4 is 0 Å². The first-order valence-corrected chi connectivity index (χ1v) is 11.9. The van der Waals surface area contributed by atoms with Crippen LogP contribution in [0.3, 0.4) is 0 Å². The van der Waals surface area contributed by atoms with Crippen molar-refractivity contribution in [2.75, 3.05) is 12.8 Å². The Morgan fingerprint density at radius 2 is 1.88 bits per heavy atom. The largest absolute Gasteiger partial charge is 0.341 e. The van der Waals surface area contributed by atoms with Crippen molar-refractivity contribution < 1.29 is 4.79 Å². The summed E-state index contributed by atoms with van der Waals surface area (Å²) in [6.45, 7) is 2.47. The number of hydrogen-bond acceptors (Lipinski definition) is 5. The monoisotopic (exact) mass is 497 g/mol. The van der Waals surface area contributed by atoms with Crippen LogP contribution in [0.2, 0.25) is 10.0 Å². The van der Waals surface area contributed by atoms with Crippen molar-refractivity contribution in [3.8, 4) is 17.1 Å². The number of carbonyl (C=O) groups excluding carboxylic acids is 1. The smallest absolute Gasteiger partial charge is 0.233 e. The lowest BCUT2D eigenvalue weighted by Crippen LogP contribution is -2.27. The Balaban J connectivity index is 1.55. The molecule has 0 aliphatic heterocycles. The summed E-state index contributed by atoms with van der Waals surface area (Å²) in [5, 5.41) is 10.4. The number of rotatable bonds is 7. The summed E-state index contributed by atoms with van der Waals surface area (Å²) in [6.07, 6.45) is 3.47. The van der Waals surface area contributed by atoms with Gasteiger partial charge in [0.1, 0.15) is 0 Å². The number of para-hydroxylation sites is 1. The second kappa shape index (κ2) is 10.4. The maximum absolute atomic E-state index is 12.8. The quantitative estimate of drug-likeness (QED) is 0.306. The molecule has 0 saturated carbocycles. The van der Waals surface area contributed by atoms with Gasteiger partial charge in [0, 0.05) is 31.5 Å². The average molecular weight is 498 g/mol. The summed E-state index contributed by atoms with van der Waals surface area (Å²) in [4.78, 5) is 18.7. The number of aromatic nitrogens is 4. The van der Waals surface area contributed by atoms with Crippen LogP contribution in [-0.4, -0.2) is 43.4 Å². The van der Waals surface area contributed by atoms with Crippen LogP contribution in [0.25, 0.3) is 17.1 Å². The van der Waals surface area contributed by atoms with Gasteiger partial charge in [-0.1, -0.05) is 59.2 Å². The van der Waals surface area contributed by atoms with Crippen LogP contribution in [0.15, 0.2) is 72.1 Å². The van der Waals surface area contributed by atoms with Gasteiger partial charge in [0.15, 0.2) is 11.0 Å². The van der Waals surface area contributed by atoms with E-state index in [1.165, 1.54) is 11.8 Å². The number of amides is 1. The molecule has 2 aromatic heterocycles. The molecule has 6 nitrogen and oxygen atoms in total. The van der Waals surface area contributed by atoms with Crippen molar-refractivity contribution in [1.29, 1.82) is 0 Å². The SMILES string of the molecule is Cc1ccccc1-n1c(SCC(=O)N(C)Cc2ccc(Cl)c(Cl)c2)nnc1-c1cccnc1. The highest BCUT2D eigenvalue weighted by atomic mass is 35.5. The molecule has 1 amide bonds. The number of benzene rings is 2. The van der Waals surface area contributed by atoms with Gasteiger partial charge in [-0.2, -0.15) is 0 Å². The van der Waals surface area contributed by atoms with E-state index in [0.717, 1.165) is 22.4 Å². The molecule has 0 aliphatic rings. The van der Waals surface area contributed by atoms with Crippen molar-refractivity contribution in [2.24, 2.45) is 0 Å². The van der Waals surface area contributed by atoms with E-state index in [4.69, 9.17) is 23.2 Å².